The fourth-order valence-electron chi connectivity index (χ4n) is 2.71. The van der Waals surface area contributed by atoms with Gasteiger partial charge in [-0.1, -0.05) is 48.6 Å². The summed E-state index contributed by atoms with van der Waals surface area (Å²) in [7, 11) is -4.08. The second kappa shape index (κ2) is 7.67. The van der Waals surface area contributed by atoms with Crippen LogP contribution in [0, 0.1) is 0 Å². The standard InChI is InChI=1S/C19H18ClN3O4S/c20-19(10-8-14(9-11-19)13-4-2-1-3-5-13)18(25)22-15-6-7-17(24)16(12-15)23-28(21,26)27/h1-10,12,23-24H,11H2,(H,22,25)(H2,21,26,27). The maximum absolute atomic E-state index is 12.7. The molecule has 2 aromatic carbocycles. The maximum Gasteiger partial charge on any atom is 0.296 e. The van der Waals surface area contributed by atoms with E-state index in [0.29, 0.717) is 0 Å². The van der Waals surface area contributed by atoms with Gasteiger partial charge in [0, 0.05) is 5.69 Å². The number of nitrogens with one attached hydrogen (secondary N) is 2. The van der Waals surface area contributed by atoms with Gasteiger partial charge < -0.3 is 10.4 Å². The van der Waals surface area contributed by atoms with Gasteiger partial charge in [-0.05, 0) is 35.8 Å². The third-order valence-electron chi connectivity index (χ3n) is 4.14. The molecule has 1 amide bonds. The molecule has 0 saturated carbocycles. The number of phenolic OH excluding ortho intramolecular Hbond substituents is 1. The largest absolute Gasteiger partial charge is 0.506 e. The number of anilines is 2. The molecule has 9 heteroatoms. The van der Waals surface area contributed by atoms with E-state index in [2.05, 4.69) is 5.32 Å². The molecular formula is C19H18ClN3O4S. The second-order valence-electron chi connectivity index (χ2n) is 6.26. The highest BCUT2D eigenvalue weighted by Crippen LogP contribution is 2.34. The van der Waals surface area contributed by atoms with E-state index in [1.807, 2.05) is 41.1 Å². The topological polar surface area (TPSA) is 122 Å². The number of alkyl halides is 1. The second-order valence-corrected chi connectivity index (χ2v) is 8.23. The minimum absolute atomic E-state index is 0.158. The zero-order valence-corrected chi connectivity index (χ0v) is 16.2. The summed E-state index contributed by atoms with van der Waals surface area (Å²) < 4.78 is 24.3. The van der Waals surface area contributed by atoms with Crippen molar-refractivity contribution in [2.75, 3.05) is 10.0 Å². The Bertz CT molecular complexity index is 1070. The van der Waals surface area contributed by atoms with E-state index >= 15 is 0 Å². The van der Waals surface area contributed by atoms with Crippen LogP contribution in [0.25, 0.3) is 5.57 Å². The predicted octanol–water partition coefficient (Wildman–Crippen LogP) is 2.97. The van der Waals surface area contributed by atoms with Crippen molar-refractivity contribution in [1.82, 2.24) is 0 Å². The summed E-state index contributed by atoms with van der Waals surface area (Å²) in [6.07, 6.45) is 5.57. The predicted molar refractivity (Wildman–Crippen MR) is 110 cm³/mol. The molecule has 0 radical (unpaired) electrons. The Hall–Kier alpha value is -2.81. The van der Waals surface area contributed by atoms with Crippen molar-refractivity contribution in [1.29, 1.82) is 0 Å². The number of aromatic hydroxyl groups is 1. The highest BCUT2D eigenvalue weighted by atomic mass is 35.5. The Kier molecular flexibility index (Phi) is 5.46. The van der Waals surface area contributed by atoms with E-state index in [-0.39, 0.29) is 23.5 Å². The molecule has 3 rings (SSSR count). The summed E-state index contributed by atoms with van der Waals surface area (Å²) in [6, 6.07) is 13.6. The summed E-state index contributed by atoms with van der Waals surface area (Å²) in [4.78, 5) is 11.4. The Morgan fingerprint density at radius 1 is 1.18 bits per heavy atom. The number of rotatable bonds is 5. The normalized spacial score (nSPS) is 19.0. The molecule has 0 spiro atoms. The van der Waals surface area contributed by atoms with Gasteiger partial charge in [0.15, 0.2) is 0 Å². The lowest BCUT2D eigenvalue weighted by Gasteiger charge is -2.25. The molecule has 0 bridgehead atoms. The number of allylic oxidation sites excluding steroid dienone is 3. The Balaban J connectivity index is 1.74. The number of carbonyl (C=O) groups excluding carboxylic acids is 1. The first-order valence-electron chi connectivity index (χ1n) is 8.25. The molecule has 5 N–H and O–H groups in total. The third-order valence-corrected chi connectivity index (χ3v) is 5.09. The Labute approximate surface area is 167 Å². The zero-order chi connectivity index (χ0) is 20.4. The van der Waals surface area contributed by atoms with Crippen LogP contribution in [0.4, 0.5) is 11.4 Å². The van der Waals surface area contributed by atoms with Crippen molar-refractivity contribution >= 4 is 44.7 Å². The molecule has 28 heavy (non-hydrogen) atoms. The average Bonchev–Trinajstić information content (AvgIpc) is 2.64. The van der Waals surface area contributed by atoms with Gasteiger partial charge >= 0.3 is 0 Å². The SMILES string of the molecule is NS(=O)(=O)Nc1cc(NC(=O)C2(Cl)C=CC(c3ccccc3)=CC2)ccc1O. The first-order valence-corrected chi connectivity index (χ1v) is 10.2. The van der Waals surface area contributed by atoms with Gasteiger partial charge in [0.25, 0.3) is 10.2 Å². The molecule has 0 aromatic heterocycles. The van der Waals surface area contributed by atoms with Crippen molar-refractivity contribution in [3.05, 3.63) is 72.3 Å². The van der Waals surface area contributed by atoms with E-state index in [1.165, 1.54) is 18.2 Å². The molecule has 1 aliphatic carbocycles. The van der Waals surface area contributed by atoms with Crippen molar-refractivity contribution in [3.8, 4) is 5.75 Å². The van der Waals surface area contributed by atoms with Crippen LogP contribution in [-0.2, 0) is 15.0 Å². The van der Waals surface area contributed by atoms with E-state index in [0.717, 1.165) is 11.1 Å². The molecule has 0 saturated heterocycles. The van der Waals surface area contributed by atoms with Crippen LogP contribution in [0.15, 0.2) is 66.8 Å². The van der Waals surface area contributed by atoms with Crippen LogP contribution in [0.1, 0.15) is 12.0 Å². The first-order chi connectivity index (χ1) is 13.2. The molecule has 2 aromatic rings. The lowest BCUT2D eigenvalue weighted by Crippen LogP contribution is -2.36. The third kappa shape index (κ3) is 4.72. The molecule has 0 aliphatic heterocycles. The summed E-state index contributed by atoms with van der Waals surface area (Å²) in [5.74, 6) is -0.818. The van der Waals surface area contributed by atoms with Crippen LogP contribution >= 0.6 is 11.6 Å². The van der Waals surface area contributed by atoms with Gasteiger partial charge in [-0.15, -0.1) is 11.6 Å². The summed E-state index contributed by atoms with van der Waals surface area (Å²) in [6.45, 7) is 0. The van der Waals surface area contributed by atoms with Crippen LogP contribution in [0.3, 0.4) is 0 Å². The average molecular weight is 420 g/mol. The number of carbonyl (C=O) groups is 1. The van der Waals surface area contributed by atoms with Gasteiger partial charge in [-0.3, -0.25) is 9.52 Å². The van der Waals surface area contributed by atoms with Crippen LogP contribution in [0.2, 0.25) is 0 Å². The van der Waals surface area contributed by atoms with Crippen LogP contribution in [-0.4, -0.2) is 24.3 Å². The monoisotopic (exact) mass is 419 g/mol. The van der Waals surface area contributed by atoms with Gasteiger partial charge in [0.05, 0.1) is 5.69 Å². The van der Waals surface area contributed by atoms with E-state index in [1.54, 1.807) is 12.2 Å². The minimum atomic E-state index is -4.08. The number of nitrogens with two attached hydrogens (primary N) is 1. The van der Waals surface area contributed by atoms with Crippen LogP contribution in [0.5, 0.6) is 5.75 Å². The van der Waals surface area contributed by atoms with Gasteiger partial charge in [0.2, 0.25) is 5.91 Å². The lowest BCUT2D eigenvalue weighted by molar-refractivity contribution is -0.117. The van der Waals surface area contributed by atoms with E-state index in [9.17, 15) is 18.3 Å². The highest BCUT2D eigenvalue weighted by Gasteiger charge is 2.34. The van der Waals surface area contributed by atoms with Crippen molar-refractivity contribution in [2.45, 2.75) is 11.3 Å². The van der Waals surface area contributed by atoms with Crippen LogP contribution < -0.4 is 15.2 Å². The smallest absolute Gasteiger partial charge is 0.296 e. The maximum atomic E-state index is 12.7. The molecule has 1 atom stereocenters. The fourth-order valence-corrected chi connectivity index (χ4v) is 3.37. The van der Waals surface area contributed by atoms with Crippen molar-refractivity contribution in [2.24, 2.45) is 5.14 Å². The van der Waals surface area contributed by atoms with Gasteiger partial charge in [-0.25, -0.2) is 5.14 Å². The molecule has 146 valence electrons. The number of amides is 1. The number of phenols is 1. The number of hydrogen-bond acceptors (Lipinski definition) is 4. The van der Waals surface area contributed by atoms with E-state index < -0.39 is 21.0 Å². The van der Waals surface area contributed by atoms with Crippen molar-refractivity contribution in [3.63, 3.8) is 0 Å². The van der Waals surface area contributed by atoms with E-state index in [4.69, 9.17) is 16.7 Å². The summed E-state index contributed by atoms with van der Waals surface area (Å²) >= 11 is 6.48. The summed E-state index contributed by atoms with van der Waals surface area (Å²) in [5.41, 5.74) is 2.08. The quantitative estimate of drug-likeness (QED) is 0.338. The zero-order valence-electron chi connectivity index (χ0n) is 14.6. The highest BCUT2D eigenvalue weighted by molar-refractivity contribution is 7.90. The number of hydrogen-bond donors (Lipinski definition) is 4. The van der Waals surface area contributed by atoms with Gasteiger partial charge in [-0.2, -0.15) is 8.42 Å². The Morgan fingerprint density at radius 3 is 2.50 bits per heavy atom. The Morgan fingerprint density at radius 2 is 1.89 bits per heavy atom. The number of benzene rings is 2. The molecule has 0 fully saturated rings. The molecule has 0 heterocycles. The molecule has 1 aliphatic rings. The minimum Gasteiger partial charge on any atom is -0.506 e. The number of halogens is 1. The molecule has 1 unspecified atom stereocenters. The summed E-state index contributed by atoms with van der Waals surface area (Å²) in [5, 5.41) is 17.3. The lowest BCUT2D eigenvalue weighted by atomic mass is 9.91. The van der Waals surface area contributed by atoms with Gasteiger partial charge in [0.1, 0.15) is 10.6 Å². The molecule has 7 nitrogen and oxygen atoms in total. The van der Waals surface area contributed by atoms with Crippen molar-refractivity contribution < 1.29 is 18.3 Å². The fraction of sp³-hybridized carbons (Fsp3) is 0.105. The molecular weight excluding hydrogens is 402 g/mol. The first kappa shape index (κ1) is 19.9.